The van der Waals surface area contributed by atoms with Crippen molar-refractivity contribution in [1.82, 2.24) is 9.88 Å². The normalized spacial score (nSPS) is 18.4. The lowest BCUT2D eigenvalue weighted by Crippen LogP contribution is -2.32. The number of carbonyl (C=O) groups excluding carboxylic acids is 1. The molecule has 1 aliphatic rings. The van der Waals surface area contributed by atoms with E-state index in [4.69, 9.17) is 0 Å². The minimum atomic E-state index is 0.146. The number of H-pyrrole nitrogens is 1. The summed E-state index contributed by atoms with van der Waals surface area (Å²) in [6.07, 6.45) is 3.04. The van der Waals surface area contributed by atoms with Gasteiger partial charge in [0.2, 0.25) is 5.91 Å². The van der Waals surface area contributed by atoms with Crippen LogP contribution < -0.4 is 0 Å². The molecular weight excluding hydrogens is 236 g/mol. The molecule has 3 heteroatoms. The number of fused-ring (bicyclic) bond motifs is 3. The maximum Gasteiger partial charge on any atom is 0.219 e. The molecule has 0 radical (unpaired) electrons. The molecule has 2 aromatic rings. The van der Waals surface area contributed by atoms with Gasteiger partial charge in [0.15, 0.2) is 0 Å². The summed E-state index contributed by atoms with van der Waals surface area (Å²) in [6.45, 7) is 5.24. The van der Waals surface area contributed by atoms with Crippen molar-refractivity contribution in [1.29, 1.82) is 0 Å². The Balaban J connectivity index is 2.12. The molecule has 1 aliphatic heterocycles. The summed E-state index contributed by atoms with van der Waals surface area (Å²) in [5, 5.41) is 1.27. The molecule has 0 spiro atoms. The third kappa shape index (κ3) is 2.05. The highest BCUT2D eigenvalue weighted by Crippen LogP contribution is 2.29. The predicted molar refractivity (Wildman–Crippen MR) is 77.9 cm³/mol. The van der Waals surface area contributed by atoms with Gasteiger partial charge in [0, 0.05) is 36.6 Å². The highest BCUT2D eigenvalue weighted by molar-refractivity contribution is 5.89. The summed E-state index contributed by atoms with van der Waals surface area (Å²) in [7, 11) is 0. The number of benzene rings is 1. The van der Waals surface area contributed by atoms with Crippen molar-refractivity contribution in [2.24, 2.45) is 0 Å². The van der Waals surface area contributed by atoms with Gasteiger partial charge in [0.25, 0.3) is 0 Å². The molecule has 0 saturated carbocycles. The number of nitrogens with zero attached hydrogens (tertiary/aromatic N) is 1. The molecule has 0 atom stereocenters. The first-order chi connectivity index (χ1) is 9.16. The highest BCUT2D eigenvalue weighted by Gasteiger charge is 2.17. The number of allylic oxidation sites excluding steroid dienone is 1. The molecule has 0 aliphatic carbocycles. The molecule has 98 valence electrons. The summed E-state index contributed by atoms with van der Waals surface area (Å²) < 4.78 is 0. The van der Waals surface area contributed by atoms with Crippen LogP contribution in [0.25, 0.3) is 16.5 Å². The van der Waals surface area contributed by atoms with Crippen molar-refractivity contribution >= 4 is 22.4 Å². The number of para-hydroxylation sites is 1. The lowest BCUT2D eigenvalue weighted by atomic mass is 10.0. The third-order valence-corrected chi connectivity index (χ3v) is 3.90. The fourth-order valence-electron chi connectivity index (χ4n) is 2.77. The molecule has 19 heavy (non-hydrogen) atoms. The zero-order valence-electron chi connectivity index (χ0n) is 11.4. The first-order valence-corrected chi connectivity index (χ1v) is 6.69. The van der Waals surface area contributed by atoms with Gasteiger partial charge >= 0.3 is 0 Å². The van der Waals surface area contributed by atoms with E-state index in [1.807, 2.05) is 11.0 Å². The highest BCUT2D eigenvalue weighted by atomic mass is 16.2. The average molecular weight is 254 g/mol. The van der Waals surface area contributed by atoms with Crippen molar-refractivity contribution in [3.63, 3.8) is 0 Å². The molecule has 3 nitrogen and oxygen atoms in total. The van der Waals surface area contributed by atoms with Gasteiger partial charge in [-0.1, -0.05) is 24.3 Å². The zero-order valence-corrected chi connectivity index (χ0v) is 11.4. The average Bonchev–Trinajstić information content (AvgIpc) is 2.74. The minimum Gasteiger partial charge on any atom is -0.355 e. The van der Waals surface area contributed by atoms with Crippen LogP contribution in [0.4, 0.5) is 0 Å². The Morgan fingerprint density at radius 1 is 1.32 bits per heavy atom. The van der Waals surface area contributed by atoms with E-state index in [1.165, 1.54) is 27.7 Å². The van der Waals surface area contributed by atoms with Gasteiger partial charge in [-0.3, -0.25) is 4.79 Å². The van der Waals surface area contributed by atoms with Crippen molar-refractivity contribution < 1.29 is 4.79 Å². The second-order valence-corrected chi connectivity index (χ2v) is 5.13. The standard InChI is InChI=1S/C16H18N2O/c1-11-7-9-18(12(2)19)10-8-14-13-5-3-4-6-15(13)17-16(11)14/h3-7,17H,8-10H2,1-2H3/b11-7-. The van der Waals surface area contributed by atoms with Crippen LogP contribution in [-0.2, 0) is 11.2 Å². The summed E-state index contributed by atoms with van der Waals surface area (Å²) in [5.41, 5.74) is 4.95. The molecule has 0 bridgehead atoms. The monoisotopic (exact) mass is 254 g/mol. The maximum atomic E-state index is 11.6. The summed E-state index contributed by atoms with van der Waals surface area (Å²) in [5.74, 6) is 0.146. The van der Waals surface area contributed by atoms with Gasteiger partial charge in [-0.2, -0.15) is 0 Å². The molecular formula is C16H18N2O. The smallest absolute Gasteiger partial charge is 0.219 e. The van der Waals surface area contributed by atoms with E-state index in [0.717, 1.165) is 13.0 Å². The van der Waals surface area contributed by atoms with Crippen LogP contribution >= 0.6 is 0 Å². The first-order valence-electron chi connectivity index (χ1n) is 6.69. The lowest BCUT2D eigenvalue weighted by Gasteiger charge is -2.22. The summed E-state index contributed by atoms with van der Waals surface area (Å²) in [4.78, 5) is 17.0. The van der Waals surface area contributed by atoms with E-state index >= 15 is 0 Å². The Bertz CT molecular complexity index is 666. The molecule has 1 amide bonds. The number of hydrogen-bond donors (Lipinski definition) is 1. The second-order valence-electron chi connectivity index (χ2n) is 5.13. The number of aromatic nitrogens is 1. The first kappa shape index (κ1) is 12.0. The van der Waals surface area contributed by atoms with Crippen LogP contribution in [-0.4, -0.2) is 28.9 Å². The Morgan fingerprint density at radius 3 is 2.89 bits per heavy atom. The van der Waals surface area contributed by atoms with Crippen molar-refractivity contribution in [3.8, 4) is 0 Å². The van der Waals surface area contributed by atoms with Gasteiger partial charge in [0.1, 0.15) is 0 Å². The maximum absolute atomic E-state index is 11.6. The van der Waals surface area contributed by atoms with Crippen LogP contribution in [0.15, 0.2) is 30.3 Å². The Kier molecular flexibility index (Phi) is 2.90. The number of hydrogen-bond acceptors (Lipinski definition) is 1. The fraction of sp³-hybridized carbons (Fsp3) is 0.312. The van der Waals surface area contributed by atoms with Crippen molar-refractivity contribution in [2.75, 3.05) is 13.1 Å². The molecule has 0 saturated heterocycles. The number of amides is 1. The topological polar surface area (TPSA) is 36.1 Å². The van der Waals surface area contributed by atoms with E-state index in [-0.39, 0.29) is 5.91 Å². The van der Waals surface area contributed by atoms with Crippen molar-refractivity contribution in [2.45, 2.75) is 20.3 Å². The largest absolute Gasteiger partial charge is 0.355 e. The zero-order chi connectivity index (χ0) is 13.4. The Labute approximate surface area is 112 Å². The minimum absolute atomic E-state index is 0.146. The third-order valence-electron chi connectivity index (χ3n) is 3.90. The van der Waals surface area contributed by atoms with Gasteiger partial charge < -0.3 is 9.88 Å². The van der Waals surface area contributed by atoms with Crippen LogP contribution in [0, 0.1) is 0 Å². The van der Waals surface area contributed by atoms with E-state index in [1.54, 1.807) is 6.92 Å². The van der Waals surface area contributed by atoms with E-state index in [9.17, 15) is 4.79 Å². The molecule has 1 aromatic heterocycles. The lowest BCUT2D eigenvalue weighted by molar-refractivity contribution is -0.128. The molecule has 3 rings (SSSR count). The number of rotatable bonds is 0. The van der Waals surface area contributed by atoms with Crippen molar-refractivity contribution in [3.05, 3.63) is 41.6 Å². The van der Waals surface area contributed by atoms with E-state index < -0.39 is 0 Å². The van der Waals surface area contributed by atoms with Gasteiger partial charge in [-0.15, -0.1) is 0 Å². The second kappa shape index (κ2) is 4.57. The quantitative estimate of drug-likeness (QED) is 0.771. The molecule has 0 fully saturated rings. The van der Waals surface area contributed by atoms with E-state index in [2.05, 4.69) is 36.2 Å². The van der Waals surface area contributed by atoms with E-state index in [0.29, 0.717) is 6.54 Å². The number of nitrogens with one attached hydrogen (secondary N) is 1. The predicted octanol–water partition coefficient (Wildman–Crippen LogP) is 2.98. The SMILES string of the molecule is CC(=O)N1C/C=C(/C)c2[nH]c3ccccc3c2CC1. The van der Waals surface area contributed by atoms with Gasteiger partial charge in [-0.05, 0) is 30.5 Å². The van der Waals surface area contributed by atoms with Crippen LogP contribution in [0.2, 0.25) is 0 Å². The summed E-state index contributed by atoms with van der Waals surface area (Å²) in [6, 6.07) is 8.37. The fourth-order valence-corrected chi connectivity index (χ4v) is 2.77. The number of carbonyl (C=O) groups is 1. The number of aromatic amines is 1. The molecule has 1 N–H and O–H groups in total. The Morgan fingerprint density at radius 2 is 2.11 bits per heavy atom. The van der Waals surface area contributed by atoms with Gasteiger partial charge in [-0.25, -0.2) is 0 Å². The molecule has 1 aromatic carbocycles. The summed E-state index contributed by atoms with van der Waals surface area (Å²) >= 11 is 0. The van der Waals surface area contributed by atoms with Crippen LogP contribution in [0.3, 0.4) is 0 Å². The van der Waals surface area contributed by atoms with Crippen LogP contribution in [0.5, 0.6) is 0 Å². The molecule has 2 heterocycles. The molecule has 0 unspecified atom stereocenters. The van der Waals surface area contributed by atoms with Gasteiger partial charge in [0.05, 0.1) is 0 Å². The Hall–Kier alpha value is -2.03. The van der Waals surface area contributed by atoms with Crippen LogP contribution in [0.1, 0.15) is 25.1 Å².